The van der Waals surface area contributed by atoms with Gasteiger partial charge in [-0.1, -0.05) is 199 Å². The van der Waals surface area contributed by atoms with E-state index in [4.69, 9.17) is 4.98 Å². The molecule has 0 aliphatic carbocycles. The third kappa shape index (κ3) is 8.63. The smallest absolute Gasteiger partial charge is 0.188 e. The molecule has 76 heavy (non-hydrogen) atoms. The van der Waals surface area contributed by atoms with Gasteiger partial charge in [-0.2, -0.15) is 12.1 Å². The fourth-order valence-electron chi connectivity index (χ4n) is 10.9. The maximum atomic E-state index is 5.22. The van der Waals surface area contributed by atoms with Crippen molar-refractivity contribution in [2.75, 3.05) is 4.90 Å². The number of nitrogens with zero attached hydrogens (tertiary/aromatic N) is 5. The second-order valence-corrected chi connectivity index (χ2v) is 20.0. The van der Waals surface area contributed by atoms with Gasteiger partial charge < -0.3 is 9.47 Å². The topological polar surface area (TPSA) is 30.9 Å². The first-order chi connectivity index (χ1) is 36.9. The average Bonchev–Trinajstić information content (AvgIpc) is 4.04. The normalized spacial score (nSPS) is 11.5. The van der Waals surface area contributed by atoms with Crippen molar-refractivity contribution in [2.45, 2.75) is 26.3 Å². The maximum Gasteiger partial charge on any atom is 0.188 e. The van der Waals surface area contributed by atoms with Gasteiger partial charge >= 0.3 is 0 Å². The number of pyridine rings is 1. The number of rotatable bonds is 10. The van der Waals surface area contributed by atoms with Gasteiger partial charge in [0.25, 0.3) is 0 Å². The maximum absolute atomic E-state index is 5.22. The van der Waals surface area contributed by atoms with Gasteiger partial charge in [0.05, 0.1) is 11.2 Å². The molecule has 13 aromatic rings. The molecule has 5 nitrogen and oxygen atoms in total. The molecule has 0 saturated heterocycles. The Morgan fingerprint density at radius 2 is 0.934 bits per heavy atom. The fraction of sp³-hybridized carbons (Fsp3) is 0.0571. The Labute approximate surface area is 458 Å². The van der Waals surface area contributed by atoms with Crippen LogP contribution in [0.4, 0.5) is 17.1 Å². The van der Waals surface area contributed by atoms with Crippen LogP contribution in [0, 0.1) is 12.1 Å². The minimum absolute atomic E-state index is 0. The third-order valence-electron chi connectivity index (χ3n) is 14.4. The molecule has 6 heteroatoms. The van der Waals surface area contributed by atoms with Gasteiger partial charge in [0.15, 0.2) is 17.4 Å². The summed E-state index contributed by atoms with van der Waals surface area (Å²) in [7, 11) is 0. The van der Waals surface area contributed by atoms with Crippen LogP contribution in [0.2, 0.25) is 0 Å². The van der Waals surface area contributed by atoms with E-state index in [9.17, 15) is 0 Å². The predicted molar refractivity (Wildman–Crippen MR) is 312 cm³/mol. The summed E-state index contributed by atoms with van der Waals surface area (Å²) in [6.07, 6.45) is 4.17. The van der Waals surface area contributed by atoms with Crippen LogP contribution in [0.25, 0.3) is 100.0 Å². The van der Waals surface area contributed by atoms with Crippen molar-refractivity contribution in [3.63, 3.8) is 0 Å². The molecule has 0 aliphatic rings. The van der Waals surface area contributed by atoms with Crippen LogP contribution in [0.5, 0.6) is 0 Å². The van der Waals surface area contributed by atoms with E-state index in [2.05, 4.69) is 307 Å². The molecule has 0 bridgehead atoms. The van der Waals surface area contributed by atoms with E-state index in [1.54, 1.807) is 0 Å². The fourth-order valence-corrected chi connectivity index (χ4v) is 10.9. The first-order valence-corrected chi connectivity index (χ1v) is 25.6. The molecule has 0 atom stereocenters. The molecule has 0 N–H and O–H groups in total. The minimum Gasteiger partial charge on any atom is -0.357 e. The number of para-hydroxylation sites is 4. The van der Waals surface area contributed by atoms with E-state index >= 15 is 0 Å². The Bertz CT molecular complexity index is 4100. The molecule has 0 saturated carbocycles. The molecule has 13 rings (SSSR count). The van der Waals surface area contributed by atoms with E-state index in [0.717, 1.165) is 117 Å². The number of hydrogen-bond acceptors (Lipinski definition) is 2. The summed E-state index contributed by atoms with van der Waals surface area (Å²) in [5.74, 6) is 0.801. The minimum atomic E-state index is -0.152. The molecule has 0 amide bonds. The van der Waals surface area contributed by atoms with Crippen LogP contribution in [-0.2, 0) is 26.6 Å². The van der Waals surface area contributed by atoms with E-state index in [-0.39, 0.29) is 26.6 Å². The monoisotopic (exact) mass is 1160 g/mol. The third-order valence-corrected chi connectivity index (χ3v) is 14.4. The molecule has 368 valence electrons. The van der Waals surface area contributed by atoms with Crippen LogP contribution in [0.15, 0.2) is 261 Å². The van der Waals surface area contributed by atoms with Crippen molar-refractivity contribution in [1.29, 1.82) is 0 Å². The van der Waals surface area contributed by atoms with E-state index in [1.165, 1.54) is 0 Å². The van der Waals surface area contributed by atoms with Crippen molar-refractivity contribution in [3.8, 4) is 67.1 Å². The summed E-state index contributed by atoms with van der Waals surface area (Å²) < 4.78 is 6.92. The zero-order chi connectivity index (χ0) is 50.5. The van der Waals surface area contributed by atoms with Gasteiger partial charge in [-0.3, -0.25) is 0 Å². The zero-order valence-corrected chi connectivity index (χ0v) is 44.7. The number of anilines is 3. The predicted octanol–water partition coefficient (Wildman–Crippen LogP) is 18.4. The van der Waals surface area contributed by atoms with Crippen LogP contribution < -0.4 is 4.90 Å². The average molecular weight is 1160 g/mol. The molecule has 10 aromatic carbocycles. The van der Waals surface area contributed by atoms with E-state index in [0.29, 0.717) is 0 Å². The number of fused-ring (bicyclic) bond motifs is 4. The zero-order valence-electron chi connectivity index (χ0n) is 42.4. The molecule has 0 unspecified atom stereocenters. The summed E-state index contributed by atoms with van der Waals surface area (Å²) in [6, 6.07) is 96.8. The Balaban J connectivity index is 0.00000582. The molecule has 3 aromatic heterocycles. The van der Waals surface area contributed by atoms with Gasteiger partial charge in [-0.15, -0.1) is 29.7 Å². The Morgan fingerprint density at radius 3 is 1.53 bits per heavy atom. The molecular weight excluding hydrogens is 1110 g/mol. The van der Waals surface area contributed by atoms with Gasteiger partial charge in [0.2, 0.25) is 0 Å². The van der Waals surface area contributed by atoms with Crippen LogP contribution in [0.3, 0.4) is 0 Å². The second-order valence-electron chi connectivity index (χ2n) is 20.0. The summed E-state index contributed by atoms with van der Waals surface area (Å²) in [6.45, 7) is 6.75. The van der Waals surface area contributed by atoms with Gasteiger partial charge in [-0.25, -0.2) is 14.1 Å². The summed E-state index contributed by atoms with van der Waals surface area (Å²) in [5.41, 5.74) is 19.0. The molecule has 3 heterocycles. The van der Waals surface area contributed by atoms with Crippen molar-refractivity contribution < 1.29 is 21.1 Å². The van der Waals surface area contributed by atoms with Crippen LogP contribution >= 0.6 is 0 Å². The largest absolute Gasteiger partial charge is 0.357 e. The van der Waals surface area contributed by atoms with Gasteiger partial charge in [-0.05, 0) is 101 Å². The van der Waals surface area contributed by atoms with E-state index in [1.807, 2.05) is 6.20 Å². The van der Waals surface area contributed by atoms with Crippen molar-refractivity contribution >= 4 is 49.9 Å². The molecule has 0 radical (unpaired) electrons. The first kappa shape index (κ1) is 48.1. The van der Waals surface area contributed by atoms with Crippen molar-refractivity contribution in [1.82, 2.24) is 18.7 Å². The Kier molecular flexibility index (Phi) is 12.7. The van der Waals surface area contributed by atoms with Gasteiger partial charge in [0, 0.05) is 61.7 Å². The molecule has 0 spiro atoms. The summed E-state index contributed by atoms with van der Waals surface area (Å²) in [4.78, 5) is 7.58. The Hall–Kier alpha value is -8.89. The quantitative estimate of drug-likeness (QED) is 0.128. The van der Waals surface area contributed by atoms with Crippen molar-refractivity contribution in [2.24, 2.45) is 0 Å². The number of benzene rings is 10. The standard InChI is InChI=1S/C70H52N5.Pt/c1-70(2,3)73-48-72(64-39-18-19-40-65(64)73)54-31-20-32-55(46-54)74(69-59(51-27-12-6-13-28-51)36-22-37-60(69)52-29-14-7-15-30-52)56-41-42-62-61-33-16-17-38-63(61)75(66(62)47-56)67-45-53(43-44-71-67)68-57(49-23-8-4-9-24-49)34-21-35-58(68)50-25-10-5-11-26-50;/h4-45,48H,1-3H3;/q-1;. The van der Waals surface area contributed by atoms with E-state index < -0.39 is 0 Å². The molecule has 0 aliphatic heterocycles. The summed E-state index contributed by atoms with van der Waals surface area (Å²) >= 11 is 0. The van der Waals surface area contributed by atoms with Crippen LogP contribution in [-0.4, -0.2) is 18.7 Å². The van der Waals surface area contributed by atoms with Crippen LogP contribution in [0.1, 0.15) is 20.8 Å². The molecule has 0 fully saturated rings. The second kappa shape index (κ2) is 20.1. The van der Waals surface area contributed by atoms with Gasteiger partial charge in [0.1, 0.15) is 5.82 Å². The number of imidazole rings is 1. The summed E-state index contributed by atoms with van der Waals surface area (Å²) in [5, 5.41) is 2.21. The number of aromatic nitrogens is 4. The molecular formula is C70H52N5Pt-. The van der Waals surface area contributed by atoms with Crippen molar-refractivity contribution in [3.05, 3.63) is 273 Å². The number of hydrogen-bond donors (Lipinski definition) is 0. The first-order valence-electron chi connectivity index (χ1n) is 25.6. The SMILES string of the molecule is CC(C)(C)n1[cH+]n(-c2[c-]c(N(c3[c-]c4c(cc3)c3ccccc3n4-c3cc(-c4c(-c5ccccc5)cccc4-c4ccccc4)ccn3)c3c(-c4ccccc4)cccc3-c3ccccc3)ccc2)c2ccccc21.[Pt]. The Morgan fingerprint density at radius 1 is 0.434 bits per heavy atom.